The standard InChI is InChI=1S/C45H72N2O8S/c1-39(2)29(36(48)49)25-30(39)38(52)55-34-13-14-42(6)32(40(34,3)4)12-15-44(8)33(42)10-9-28-35-27(41(5)17-18-41)11-16-45(35,20-19-43(28,44)7)46-26-31(37(50)51)47-21-23-56(53,54)24-22-47/h27-35,46H,9-26H2,1-8H3,(H,48,49)(H,50,51)/t27?,28-,29+,30-,31-,32+,33-,34+,35-,42+,43-,44-,45+/m1/s1. The molecule has 8 aliphatic rings. The molecule has 0 aromatic heterocycles. The Hall–Kier alpha value is -1.72. The molecule has 11 heteroatoms. The highest BCUT2D eigenvalue weighted by Gasteiger charge is 2.72. The molecule has 0 aromatic carbocycles. The lowest BCUT2D eigenvalue weighted by molar-refractivity contribution is -0.250. The lowest BCUT2D eigenvalue weighted by atomic mass is 9.32. The molecule has 8 rings (SSSR count). The molecule has 1 aliphatic heterocycles. The van der Waals surface area contributed by atoms with E-state index in [0.29, 0.717) is 48.0 Å². The zero-order valence-corrected chi connectivity index (χ0v) is 36.4. The van der Waals surface area contributed by atoms with Crippen molar-refractivity contribution in [1.82, 2.24) is 10.2 Å². The van der Waals surface area contributed by atoms with E-state index in [1.54, 1.807) is 0 Å². The van der Waals surface area contributed by atoms with E-state index >= 15 is 0 Å². The van der Waals surface area contributed by atoms with Crippen molar-refractivity contribution in [1.29, 1.82) is 0 Å². The van der Waals surface area contributed by atoms with Gasteiger partial charge in [0.15, 0.2) is 9.84 Å². The summed E-state index contributed by atoms with van der Waals surface area (Å²) in [6.07, 6.45) is 13.8. The number of hydrogen-bond donors (Lipinski definition) is 3. The second kappa shape index (κ2) is 13.1. The summed E-state index contributed by atoms with van der Waals surface area (Å²) in [5, 5.41) is 24.1. The van der Waals surface area contributed by atoms with E-state index in [9.17, 15) is 33.0 Å². The van der Waals surface area contributed by atoms with Crippen LogP contribution in [0.25, 0.3) is 0 Å². The van der Waals surface area contributed by atoms with Gasteiger partial charge in [0.05, 0.1) is 23.3 Å². The third-order valence-electron chi connectivity index (χ3n) is 20.2. The smallest absolute Gasteiger partial charge is 0.322 e. The number of rotatable bonds is 9. The molecular weight excluding hydrogens is 729 g/mol. The number of esters is 1. The molecule has 3 N–H and O–H groups in total. The predicted octanol–water partition coefficient (Wildman–Crippen LogP) is 7.05. The van der Waals surface area contributed by atoms with Crippen LogP contribution in [0.15, 0.2) is 0 Å². The van der Waals surface area contributed by atoms with Crippen LogP contribution < -0.4 is 5.32 Å². The molecule has 0 bridgehead atoms. The molecule has 8 fully saturated rings. The second-order valence-corrected chi connectivity index (χ2v) is 25.2. The summed E-state index contributed by atoms with van der Waals surface area (Å²) < 4.78 is 30.9. The van der Waals surface area contributed by atoms with Crippen molar-refractivity contribution in [3.05, 3.63) is 0 Å². The van der Waals surface area contributed by atoms with E-state index in [-0.39, 0.29) is 69.8 Å². The molecule has 0 spiro atoms. The number of aliphatic carboxylic acids is 2. The molecule has 0 radical (unpaired) electrons. The van der Waals surface area contributed by atoms with E-state index in [0.717, 1.165) is 38.5 Å². The van der Waals surface area contributed by atoms with Crippen LogP contribution in [-0.4, -0.2) is 90.3 Å². The molecule has 316 valence electrons. The molecule has 13 atom stereocenters. The summed E-state index contributed by atoms with van der Waals surface area (Å²) in [5.41, 5.74) is -0.0770. The Labute approximate surface area is 336 Å². The lowest BCUT2D eigenvalue weighted by Gasteiger charge is -2.73. The van der Waals surface area contributed by atoms with Crippen LogP contribution in [0.4, 0.5) is 0 Å². The lowest BCUT2D eigenvalue weighted by Crippen LogP contribution is -2.69. The molecule has 0 aromatic rings. The minimum atomic E-state index is -3.11. The van der Waals surface area contributed by atoms with E-state index in [1.807, 2.05) is 18.7 Å². The van der Waals surface area contributed by atoms with E-state index in [4.69, 9.17) is 4.74 Å². The number of carboxylic acid groups (broad SMARTS) is 2. The number of hydrogen-bond acceptors (Lipinski definition) is 8. The SMILES string of the molecule is CC1(C2CC[C@]3(NC[C@H](C(=O)O)N4CCS(=O)(=O)CC4)CC[C@]4(C)[C@H](CC[C@@H]5[C@@]6(C)CC[C@H](OC(=O)[C@H]7C[C@@H](C(=O)O)C7(C)C)C(C)(C)[C@@H]6CC[C@]54C)[C@@H]23)CC1. The maximum atomic E-state index is 13.6. The van der Waals surface area contributed by atoms with Crippen LogP contribution in [0.5, 0.6) is 0 Å². The maximum absolute atomic E-state index is 13.6. The Morgan fingerprint density at radius 2 is 1.41 bits per heavy atom. The largest absolute Gasteiger partial charge is 0.481 e. The van der Waals surface area contributed by atoms with Crippen molar-refractivity contribution in [2.75, 3.05) is 31.1 Å². The molecule has 7 saturated carbocycles. The minimum absolute atomic E-state index is 0.0295. The zero-order valence-electron chi connectivity index (χ0n) is 35.6. The van der Waals surface area contributed by atoms with Crippen LogP contribution >= 0.6 is 0 Å². The van der Waals surface area contributed by atoms with Gasteiger partial charge in [-0.2, -0.15) is 0 Å². The van der Waals surface area contributed by atoms with E-state index in [2.05, 4.69) is 46.9 Å². The van der Waals surface area contributed by atoms with Crippen molar-refractivity contribution in [2.45, 2.75) is 157 Å². The van der Waals surface area contributed by atoms with Gasteiger partial charge in [0.25, 0.3) is 0 Å². The van der Waals surface area contributed by atoms with Crippen molar-refractivity contribution >= 4 is 27.7 Å². The Kier molecular flexibility index (Phi) is 9.63. The van der Waals surface area contributed by atoms with Gasteiger partial charge < -0.3 is 20.3 Å². The van der Waals surface area contributed by atoms with Crippen molar-refractivity contribution < 1.29 is 37.8 Å². The number of carbonyl (C=O) groups is 3. The van der Waals surface area contributed by atoms with Crippen LogP contribution in [0, 0.1) is 73.9 Å². The average molecular weight is 801 g/mol. The molecule has 0 amide bonds. The number of carbonyl (C=O) groups excluding carboxylic acids is 1. The Bertz CT molecular complexity index is 1730. The highest BCUT2D eigenvalue weighted by molar-refractivity contribution is 7.91. The van der Waals surface area contributed by atoms with Gasteiger partial charge in [0, 0.05) is 30.6 Å². The van der Waals surface area contributed by atoms with Crippen LogP contribution in [0.3, 0.4) is 0 Å². The van der Waals surface area contributed by atoms with Crippen LogP contribution in [-0.2, 0) is 29.0 Å². The predicted molar refractivity (Wildman–Crippen MR) is 214 cm³/mol. The first-order valence-corrected chi connectivity index (χ1v) is 24.1. The highest BCUT2D eigenvalue weighted by Crippen LogP contribution is 2.78. The highest BCUT2D eigenvalue weighted by atomic mass is 32.2. The zero-order chi connectivity index (χ0) is 40.6. The van der Waals surface area contributed by atoms with Gasteiger partial charge >= 0.3 is 17.9 Å². The molecule has 56 heavy (non-hydrogen) atoms. The topological polar surface area (TPSA) is 150 Å². The first-order chi connectivity index (χ1) is 26.0. The minimum Gasteiger partial charge on any atom is -0.481 e. The van der Waals surface area contributed by atoms with Gasteiger partial charge in [0.2, 0.25) is 0 Å². The number of ether oxygens (including phenoxy) is 1. The van der Waals surface area contributed by atoms with Crippen LogP contribution in [0.2, 0.25) is 0 Å². The fourth-order valence-electron chi connectivity index (χ4n) is 16.1. The third-order valence-corrected chi connectivity index (χ3v) is 21.8. The molecule has 10 nitrogen and oxygen atoms in total. The fourth-order valence-corrected chi connectivity index (χ4v) is 17.3. The first kappa shape index (κ1) is 41.0. The third kappa shape index (κ3) is 5.93. The van der Waals surface area contributed by atoms with Crippen LogP contribution in [0.1, 0.15) is 139 Å². The second-order valence-electron chi connectivity index (χ2n) is 22.9. The molecule has 7 aliphatic carbocycles. The number of fused-ring (bicyclic) bond motifs is 7. The van der Waals surface area contributed by atoms with Gasteiger partial charge in [-0.25, -0.2) is 8.42 Å². The number of nitrogens with zero attached hydrogens (tertiary/aromatic N) is 1. The quantitative estimate of drug-likeness (QED) is 0.207. The van der Waals surface area contributed by atoms with Gasteiger partial charge in [-0.05, 0) is 140 Å². The summed E-state index contributed by atoms with van der Waals surface area (Å²) in [6, 6.07) is -0.729. The Morgan fingerprint density at radius 1 is 0.732 bits per heavy atom. The van der Waals surface area contributed by atoms with Crippen molar-refractivity contribution in [3.63, 3.8) is 0 Å². The molecule has 1 heterocycles. The normalized spacial score (nSPS) is 47.4. The average Bonchev–Trinajstić information content (AvgIpc) is 3.72. The van der Waals surface area contributed by atoms with Crippen molar-refractivity contribution in [2.24, 2.45) is 73.9 Å². The van der Waals surface area contributed by atoms with Gasteiger partial charge in [0.1, 0.15) is 12.1 Å². The summed E-state index contributed by atoms with van der Waals surface area (Å²) in [4.78, 5) is 40.1. The van der Waals surface area contributed by atoms with E-state index in [1.165, 1.54) is 38.5 Å². The summed E-state index contributed by atoms with van der Waals surface area (Å²) in [5.74, 6) is -0.0471. The Balaban J connectivity index is 1.02. The summed E-state index contributed by atoms with van der Waals surface area (Å²) in [7, 11) is -3.11. The number of nitrogens with one attached hydrogen (secondary N) is 1. The number of carboxylic acids is 2. The van der Waals surface area contributed by atoms with Crippen molar-refractivity contribution in [3.8, 4) is 0 Å². The molecular formula is C45H72N2O8S. The first-order valence-electron chi connectivity index (χ1n) is 22.3. The summed E-state index contributed by atoms with van der Waals surface area (Å²) >= 11 is 0. The van der Waals surface area contributed by atoms with Gasteiger partial charge in [-0.3, -0.25) is 19.3 Å². The van der Waals surface area contributed by atoms with Gasteiger partial charge in [-0.1, -0.05) is 55.4 Å². The fraction of sp³-hybridized carbons (Fsp3) is 0.933. The van der Waals surface area contributed by atoms with E-state index < -0.39 is 39.2 Å². The Morgan fingerprint density at radius 3 is 2.02 bits per heavy atom. The number of sulfone groups is 1. The summed E-state index contributed by atoms with van der Waals surface area (Å²) in [6.45, 7) is 19.8. The molecule has 1 unspecified atom stereocenters. The monoisotopic (exact) mass is 801 g/mol. The molecule has 1 saturated heterocycles. The maximum Gasteiger partial charge on any atom is 0.322 e. The van der Waals surface area contributed by atoms with Gasteiger partial charge in [-0.15, -0.1) is 0 Å².